The maximum atomic E-state index is 11.8. The Hall–Kier alpha value is -0.870. The lowest BCUT2D eigenvalue weighted by Gasteiger charge is -2.41. The van der Waals surface area contributed by atoms with Crippen LogP contribution in [0.2, 0.25) is 0 Å². The summed E-state index contributed by atoms with van der Waals surface area (Å²) in [6.45, 7) is 7.94. The lowest BCUT2D eigenvalue weighted by atomic mass is 9.67. The third-order valence-corrected chi connectivity index (χ3v) is 5.78. The van der Waals surface area contributed by atoms with Gasteiger partial charge in [0, 0.05) is 23.3 Å². The fourth-order valence-corrected chi connectivity index (χ4v) is 4.75. The molecule has 3 aliphatic rings. The van der Waals surface area contributed by atoms with Crippen molar-refractivity contribution < 1.29 is 19.7 Å². The number of hydrogen-bond acceptors (Lipinski definition) is 4. The van der Waals surface area contributed by atoms with Crippen LogP contribution in [0.25, 0.3) is 0 Å². The Morgan fingerprint density at radius 1 is 1.37 bits per heavy atom. The Balaban J connectivity index is 2.07. The topological polar surface area (TPSA) is 66.8 Å². The highest BCUT2D eigenvalue weighted by atomic mass is 16.6. The van der Waals surface area contributed by atoms with Crippen molar-refractivity contribution in [3.8, 4) is 0 Å². The highest BCUT2D eigenvalue weighted by molar-refractivity contribution is 5.91. The SMILES string of the molecule is C=C1C(=O)O[C@@H]2[C@H]1CC[C@H](C)[C@@H]1[C@@H](O)C[C@@H](O)[C@]12C. The van der Waals surface area contributed by atoms with Gasteiger partial charge in [-0.25, -0.2) is 4.79 Å². The van der Waals surface area contributed by atoms with Gasteiger partial charge in [0.05, 0.1) is 12.2 Å². The van der Waals surface area contributed by atoms with Crippen molar-refractivity contribution in [1.29, 1.82) is 0 Å². The van der Waals surface area contributed by atoms with Crippen molar-refractivity contribution in [2.75, 3.05) is 0 Å². The summed E-state index contributed by atoms with van der Waals surface area (Å²) in [6, 6.07) is 0. The van der Waals surface area contributed by atoms with E-state index >= 15 is 0 Å². The van der Waals surface area contributed by atoms with Crippen molar-refractivity contribution >= 4 is 5.97 Å². The van der Waals surface area contributed by atoms with Crippen molar-refractivity contribution in [1.82, 2.24) is 0 Å². The number of carbonyl (C=O) groups excluding carboxylic acids is 1. The normalized spacial score (nSPS) is 53.5. The van der Waals surface area contributed by atoms with Gasteiger partial charge < -0.3 is 14.9 Å². The predicted octanol–water partition coefficient (Wildman–Crippen LogP) is 1.26. The van der Waals surface area contributed by atoms with Gasteiger partial charge in [-0.3, -0.25) is 0 Å². The van der Waals surface area contributed by atoms with Gasteiger partial charge in [0.1, 0.15) is 6.10 Å². The number of ether oxygens (including phenoxy) is 1. The molecule has 19 heavy (non-hydrogen) atoms. The summed E-state index contributed by atoms with van der Waals surface area (Å²) < 4.78 is 5.53. The second-order valence-electron chi connectivity index (χ2n) is 6.72. The maximum Gasteiger partial charge on any atom is 0.334 e. The van der Waals surface area contributed by atoms with Crippen LogP contribution in [0, 0.1) is 23.2 Å². The molecular formula is C15H22O4. The van der Waals surface area contributed by atoms with Gasteiger partial charge >= 0.3 is 5.97 Å². The van der Waals surface area contributed by atoms with E-state index in [1.54, 1.807) is 0 Å². The molecule has 4 heteroatoms. The minimum atomic E-state index is -0.626. The third kappa shape index (κ3) is 1.56. The van der Waals surface area contributed by atoms with E-state index in [4.69, 9.17) is 4.74 Å². The average molecular weight is 266 g/mol. The van der Waals surface area contributed by atoms with Crippen LogP contribution in [-0.4, -0.2) is 34.5 Å². The van der Waals surface area contributed by atoms with E-state index in [9.17, 15) is 15.0 Å². The quantitative estimate of drug-likeness (QED) is 0.512. The Morgan fingerprint density at radius 2 is 2.05 bits per heavy atom. The Kier molecular flexibility index (Phi) is 2.81. The molecule has 0 radical (unpaired) electrons. The standard InChI is InChI=1S/C15H22O4/c1-7-4-5-9-8(2)14(18)19-13(9)15(3)11(17)6-10(16)12(7)15/h7,9-13,16-17H,2,4-6H2,1,3H3/t7-,9-,10-,11+,12+,13+,15+/m0/s1. The van der Waals surface area contributed by atoms with Crippen LogP contribution in [0.5, 0.6) is 0 Å². The Morgan fingerprint density at radius 3 is 2.74 bits per heavy atom. The van der Waals surface area contributed by atoms with Crippen LogP contribution in [-0.2, 0) is 9.53 Å². The summed E-state index contributed by atoms with van der Waals surface area (Å²) in [6.07, 6.45) is 0.678. The van der Waals surface area contributed by atoms with E-state index in [2.05, 4.69) is 13.5 Å². The number of fused-ring (bicyclic) bond motifs is 3. The number of aliphatic hydroxyl groups excluding tert-OH is 2. The van der Waals surface area contributed by atoms with Crippen LogP contribution in [0.3, 0.4) is 0 Å². The summed E-state index contributed by atoms with van der Waals surface area (Å²) in [4.78, 5) is 11.8. The molecular weight excluding hydrogens is 244 g/mol. The second-order valence-corrected chi connectivity index (χ2v) is 6.72. The first kappa shape index (κ1) is 13.1. The van der Waals surface area contributed by atoms with Crippen LogP contribution in [0.4, 0.5) is 0 Å². The number of carbonyl (C=O) groups is 1. The molecule has 2 aliphatic carbocycles. The lowest BCUT2D eigenvalue weighted by molar-refractivity contribution is -0.153. The largest absolute Gasteiger partial charge is 0.458 e. The monoisotopic (exact) mass is 266 g/mol. The zero-order chi connectivity index (χ0) is 13.9. The summed E-state index contributed by atoms with van der Waals surface area (Å²) in [5.74, 6) is -0.0477. The number of aliphatic hydroxyl groups is 2. The molecule has 7 atom stereocenters. The molecule has 1 heterocycles. The zero-order valence-corrected chi connectivity index (χ0v) is 11.5. The molecule has 2 N–H and O–H groups in total. The van der Waals surface area contributed by atoms with Crippen LogP contribution < -0.4 is 0 Å². The summed E-state index contributed by atoms with van der Waals surface area (Å²) in [5.41, 5.74) is -0.0255. The van der Waals surface area contributed by atoms with Gasteiger partial charge in [0.2, 0.25) is 0 Å². The van der Waals surface area contributed by atoms with Gasteiger partial charge in [-0.15, -0.1) is 0 Å². The molecule has 0 aromatic heterocycles. The molecule has 3 fully saturated rings. The Labute approximate surface area is 113 Å². The molecule has 0 spiro atoms. The molecule has 0 aromatic rings. The number of hydrogen-bond donors (Lipinski definition) is 2. The van der Waals surface area contributed by atoms with Crippen LogP contribution in [0.1, 0.15) is 33.1 Å². The van der Waals surface area contributed by atoms with Crippen molar-refractivity contribution in [3.63, 3.8) is 0 Å². The lowest BCUT2D eigenvalue weighted by Crippen LogP contribution is -2.47. The first-order valence-electron chi connectivity index (χ1n) is 7.13. The molecule has 1 aliphatic heterocycles. The van der Waals surface area contributed by atoms with Gasteiger partial charge in [0.25, 0.3) is 0 Å². The molecule has 3 rings (SSSR count). The smallest absolute Gasteiger partial charge is 0.334 e. The highest BCUT2D eigenvalue weighted by Crippen LogP contribution is 2.58. The first-order valence-corrected chi connectivity index (χ1v) is 7.13. The van der Waals surface area contributed by atoms with E-state index < -0.39 is 17.6 Å². The summed E-state index contributed by atoms with van der Waals surface area (Å²) >= 11 is 0. The summed E-state index contributed by atoms with van der Waals surface area (Å²) in [7, 11) is 0. The molecule has 1 saturated heterocycles. The summed E-state index contributed by atoms with van der Waals surface area (Å²) in [5, 5.41) is 20.7. The molecule has 0 unspecified atom stereocenters. The van der Waals surface area contributed by atoms with E-state index in [0.717, 1.165) is 12.8 Å². The van der Waals surface area contributed by atoms with E-state index in [-0.39, 0.29) is 23.9 Å². The van der Waals surface area contributed by atoms with Gasteiger partial charge in [-0.05, 0) is 24.7 Å². The van der Waals surface area contributed by atoms with Crippen LogP contribution >= 0.6 is 0 Å². The fraction of sp³-hybridized carbons (Fsp3) is 0.800. The van der Waals surface area contributed by atoms with Crippen molar-refractivity contribution in [2.45, 2.75) is 51.4 Å². The third-order valence-electron chi connectivity index (χ3n) is 5.78. The number of rotatable bonds is 0. The molecule has 4 nitrogen and oxygen atoms in total. The predicted molar refractivity (Wildman–Crippen MR) is 69.1 cm³/mol. The van der Waals surface area contributed by atoms with E-state index in [1.807, 2.05) is 6.92 Å². The molecule has 0 bridgehead atoms. The number of esters is 1. The molecule has 0 aromatic carbocycles. The molecule has 2 saturated carbocycles. The van der Waals surface area contributed by atoms with E-state index in [0.29, 0.717) is 17.9 Å². The van der Waals surface area contributed by atoms with Crippen molar-refractivity contribution in [3.05, 3.63) is 12.2 Å². The highest BCUT2D eigenvalue weighted by Gasteiger charge is 2.63. The molecule has 0 amide bonds. The average Bonchev–Trinajstić information content (AvgIpc) is 2.70. The van der Waals surface area contributed by atoms with Crippen molar-refractivity contribution in [2.24, 2.45) is 23.2 Å². The molecule has 106 valence electrons. The zero-order valence-electron chi connectivity index (χ0n) is 11.5. The van der Waals surface area contributed by atoms with Crippen LogP contribution in [0.15, 0.2) is 12.2 Å². The first-order chi connectivity index (χ1) is 8.87. The second kappa shape index (κ2) is 4.06. The fourth-order valence-electron chi connectivity index (χ4n) is 4.75. The minimum absolute atomic E-state index is 0.00935. The maximum absolute atomic E-state index is 11.8. The van der Waals surface area contributed by atoms with Gasteiger partial charge in [-0.2, -0.15) is 0 Å². The Bertz CT molecular complexity index is 432. The van der Waals surface area contributed by atoms with Gasteiger partial charge in [-0.1, -0.05) is 20.4 Å². The van der Waals surface area contributed by atoms with Gasteiger partial charge in [0.15, 0.2) is 0 Å². The minimum Gasteiger partial charge on any atom is -0.458 e. The van der Waals surface area contributed by atoms with E-state index in [1.165, 1.54) is 0 Å².